The fraction of sp³-hybridized carbons (Fsp3) is 0.0145. The van der Waals surface area contributed by atoms with Gasteiger partial charge in [-0.1, -0.05) is 206 Å². The van der Waals surface area contributed by atoms with Crippen molar-refractivity contribution in [3.05, 3.63) is 301 Å². The summed E-state index contributed by atoms with van der Waals surface area (Å²) in [5.41, 5.74) is 21.7. The van der Waals surface area contributed by atoms with Crippen molar-refractivity contribution in [3.63, 3.8) is 0 Å². The number of anilines is 6. The van der Waals surface area contributed by atoms with E-state index in [1.165, 1.54) is 88.3 Å². The third-order valence-electron chi connectivity index (χ3n) is 15.0. The first-order valence-corrected chi connectivity index (χ1v) is 24.6. The molecule has 0 bridgehead atoms. The van der Waals surface area contributed by atoms with E-state index < -0.39 is 5.41 Å². The molecule has 0 aliphatic heterocycles. The highest BCUT2D eigenvalue weighted by Gasteiger charge is 2.51. The molecule has 0 unspecified atom stereocenters. The highest BCUT2D eigenvalue weighted by Crippen LogP contribution is 2.63. The standard InChI is InChI=1S/C69H46N2/c1-4-20-49(21-5-1)70(50-22-6-2-7-23-50)52-40-36-47(37-41-52)67-59-29-10-12-31-61(59)68(62-32-13-11-30-60(62)67)48-38-42-53(43-39-48)71(51-24-8-3-9-25-51)54-44-45-58-57-28-16-19-35-65(57)69(66(58)46-54)63-33-17-14-26-55(63)56-27-15-18-34-64(56)69/h1-46H. The van der Waals surface area contributed by atoms with E-state index >= 15 is 0 Å². The molecule has 12 aromatic carbocycles. The van der Waals surface area contributed by atoms with Crippen molar-refractivity contribution in [3.8, 4) is 44.5 Å². The fourth-order valence-corrected chi connectivity index (χ4v) is 12.2. The van der Waals surface area contributed by atoms with Gasteiger partial charge in [0.2, 0.25) is 0 Å². The number of rotatable bonds is 8. The van der Waals surface area contributed by atoms with Crippen LogP contribution in [0.3, 0.4) is 0 Å². The van der Waals surface area contributed by atoms with Crippen LogP contribution in [-0.2, 0) is 5.41 Å². The van der Waals surface area contributed by atoms with E-state index in [9.17, 15) is 0 Å². The minimum Gasteiger partial charge on any atom is -0.311 e. The Hall–Kier alpha value is -9.24. The van der Waals surface area contributed by atoms with Crippen molar-refractivity contribution in [2.24, 2.45) is 0 Å². The van der Waals surface area contributed by atoms with Gasteiger partial charge in [-0.15, -0.1) is 0 Å². The highest BCUT2D eigenvalue weighted by atomic mass is 15.1. The zero-order valence-electron chi connectivity index (χ0n) is 39.0. The fourth-order valence-electron chi connectivity index (χ4n) is 12.2. The number of para-hydroxylation sites is 3. The van der Waals surface area contributed by atoms with E-state index in [-0.39, 0.29) is 0 Å². The average molecular weight is 903 g/mol. The van der Waals surface area contributed by atoms with Crippen LogP contribution < -0.4 is 9.80 Å². The van der Waals surface area contributed by atoms with Gasteiger partial charge in [0, 0.05) is 34.1 Å². The van der Waals surface area contributed by atoms with Crippen molar-refractivity contribution in [1.29, 1.82) is 0 Å². The molecule has 2 nitrogen and oxygen atoms in total. The average Bonchev–Trinajstić information content (AvgIpc) is 3.91. The van der Waals surface area contributed by atoms with E-state index in [1.54, 1.807) is 0 Å². The first kappa shape index (κ1) is 40.8. The molecule has 14 rings (SSSR count). The summed E-state index contributed by atoms with van der Waals surface area (Å²) < 4.78 is 0. The maximum Gasteiger partial charge on any atom is 0.0726 e. The second kappa shape index (κ2) is 16.5. The van der Waals surface area contributed by atoms with Crippen LogP contribution in [0, 0.1) is 0 Å². The number of fused-ring (bicyclic) bond motifs is 12. The van der Waals surface area contributed by atoms with E-state index in [2.05, 4.69) is 289 Å². The molecule has 2 aliphatic rings. The van der Waals surface area contributed by atoms with Gasteiger partial charge >= 0.3 is 0 Å². The topological polar surface area (TPSA) is 6.48 Å². The van der Waals surface area contributed by atoms with Crippen molar-refractivity contribution >= 4 is 55.7 Å². The predicted molar refractivity (Wildman–Crippen MR) is 298 cm³/mol. The summed E-state index contributed by atoms with van der Waals surface area (Å²) in [4.78, 5) is 4.74. The Bertz CT molecular complexity index is 3810. The molecule has 0 atom stereocenters. The Kier molecular flexibility index (Phi) is 9.47. The lowest BCUT2D eigenvalue weighted by molar-refractivity contribution is 0.793. The predicted octanol–water partition coefficient (Wildman–Crippen LogP) is 18.6. The van der Waals surface area contributed by atoms with E-state index in [1.807, 2.05) is 0 Å². The second-order valence-electron chi connectivity index (χ2n) is 18.7. The molecule has 71 heavy (non-hydrogen) atoms. The molecule has 0 saturated heterocycles. The summed E-state index contributed by atoms with van der Waals surface area (Å²) in [6.07, 6.45) is 0. The van der Waals surface area contributed by atoms with Gasteiger partial charge in [-0.2, -0.15) is 0 Å². The summed E-state index contributed by atoms with van der Waals surface area (Å²) in [6.45, 7) is 0. The molecule has 2 aliphatic carbocycles. The molecule has 332 valence electrons. The van der Waals surface area contributed by atoms with Crippen LogP contribution >= 0.6 is 0 Å². The molecular weight excluding hydrogens is 857 g/mol. The third kappa shape index (κ3) is 6.28. The molecule has 1 spiro atoms. The molecule has 2 heteroatoms. The number of nitrogens with zero attached hydrogens (tertiary/aromatic N) is 2. The first-order valence-electron chi connectivity index (χ1n) is 24.6. The van der Waals surface area contributed by atoms with Crippen LogP contribution in [0.4, 0.5) is 34.1 Å². The van der Waals surface area contributed by atoms with Crippen LogP contribution in [0.1, 0.15) is 22.3 Å². The van der Waals surface area contributed by atoms with Crippen LogP contribution in [0.25, 0.3) is 66.1 Å². The van der Waals surface area contributed by atoms with Gasteiger partial charge in [-0.05, 0) is 161 Å². The Morgan fingerprint density at radius 1 is 0.211 bits per heavy atom. The number of hydrogen-bond donors (Lipinski definition) is 0. The number of benzene rings is 12. The van der Waals surface area contributed by atoms with E-state index in [0.29, 0.717) is 0 Å². The monoisotopic (exact) mass is 902 g/mol. The first-order chi connectivity index (χ1) is 35.3. The largest absolute Gasteiger partial charge is 0.311 e. The summed E-state index contributed by atoms with van der Waals surface area (Å²) in [5.74, 6) is 0. The lowest BCUT2D eigenvalue weighted by atomic mass is 9.70. The molecule has 0 saturated carbocycles. The Morgan fingerprint density at radius 2 is 0.493 bits per heavy atom. The normalized spacial score (nSPS) is 12.6. The third-order valence-corrected chi connectivity index (χ3v) is 15.0. The minimum absolute atomic E-state index is 0.428. The summed E-state index contributed by atoms with van der Waals surface area (Å²) in [5, 5.41) is 4.92. The van der Waals surface area contributed by atoms with Gasteiger partial charge in [-0.3, -0.25) is 0 Å². The van der Waals surface area contributed by atoms with Crippen molar-refractivity contribution in [2.45, 2.75) is 5.41 Å². The van der Waals surface area contributed by atoms with Gasteiger partial charge in [0.25, 0.3) is 0 Å². The van der Waals surface area contributed by atoms with Gasteiger partial charge in [0.1, 0.15) is 0 Å². The smallest absolute Gasteiger partial charge is 0.0726 e. The molecule has 0 N–H and O–H groups in total. The summed E-state index contributed by atoms with van der Waals surface area (Å²) in [6, 6.07) is 103. The zero-order valence-corrected chi connectivity index (χ0v) is 39.0. The maximum atomic E-state index is 2.47. The Balaban J connectivity index is 0.892. The zero-order chi connectivity index (χ0) is 46.9. The number of hydrogen-bond acceptors (Lipinski definition) is 2. The highest BCUT2D eigenvalue weighted by molar-refractivity contribution is 6.21. The van der Waals surface area contributed by atoms with Crippen LogP contribution in [0.15, 0.2) is 279 Å². The molecule has 0 amide bonds. The van der Waals surface area contributed by atoms with Crippen LogP contribution in [0.5, 0.6) is 0 Å². The molecule has 0 radical (unpaired) electrons. The Morgan fingerprint density at radius 3 is 0.873 bits per heavy atom. The minimum atomic E-state index is -0.428. The summed E-state index contributed by atoms with van der Waals surface area (Å²) in [7, 11) is 0. The van der Waals surface area contributed by atoms with Crippen molar-refractivity contribution in [2.75, 3.05) is 9.80 Å². The van der Waals surface area contributed by atoms with Crippen LogP contribution in [-0.4, -0.2) is 0 Å². The van der Waals surface area contributed by atoms with E-state index in [0.717, 1.165) is 34.1 Å². The van der Waals surface area contributed by atoms with Crippen molar-refractivity contribution in [1.82, 2.24) is 0 Å². The van der Waals surface area contributed by atoms with E-state index in [4.69, 9.17) is 0 Å². The SMILES string of the molecule is c1ccc(N(c2ccccc2)c2ccc(-c3c4ccccc4c(-c4ccc(N(c5ccccc5)c5ccc6c(c5)C5(c7ccccc7-c7ccccc75)c5ccccc5-6)cc4)c4ccccc34)cc2)cc1. The van der Waals surface area contributed by atoms with Gasteiger partial charge in [-0.25, -0.2) is 0 Å². The lowest BCUT2D eigenvalue weighted by Gasteiger charge is -2.32. The quantitative estimate of drug-likeness (QED) is 0.140. The maximum absolute atomic E-state index is 2.47. The van der Waals surface area contributed by atoms with Gasteiger partial charge in [0.05, 0.1) is 5.41 Å². The van der Waals surface area contributed by atoms with Crippen LogP contribution in [0.2, 0.25) is 0 Å². The molecular formula is C69H46N2. The lowest BCUT2D eigenvalue weighted by Crippen LogP contribution is -2.26. The van der Waals surface area contributed by atoms with Crippen molar-refractivity contribution < 1.29 is 0 Å². The summed E-state index contributed by atoms with van der Waals surface area (Å²) >= 11 is 0. The van der Waals surface area contributed by atoms with Gasteiger partial charge in [0.15, 0.2) is 0 Å². The van der Waals surface area contributed by atoms with Gasteiger partial charge < -0.3 is 9.80 Å². The molecule has 12 aromatic rings. The second-order valence-corrected chi connectivity index (χ2v) is 18.7. The Labute approximate surface area is 414 Å². The molecule has 0 aromatic heterocycles. The molecule has 0 fully saturated rings. The molecule has 0 heterocycles.